The lowest BCUT2D eigenvalue weighted by atomic mass is 9.88. The molecule has 4 aromatic heterocycles. The van der Waals surface area contributed by atoms with E-state index < -0.39 is 78.6 Å². The Morgan fingerprint density at radius 1 is 0.487 bits per heavy atom. The molecule has 0 saturated heterocycles. The monoisotopic (exact) mass is 993 g/mol. The van der Waals surface area contributed by atoms with Crippen LogP contribution in [0, 0.1) is 6.33 Å². The van der Waals surface area contributed by atoms with Crippen molar-refractivity contribution in [3.63, 3.8) is 0 Å². The van der Waals surface area contributed by atoms with Crippen molar-refractivity contribution in [1.82, 2.24) is 18.7 Å². The summed E-state index contributed by atoms with van der Waals surface area (Å²) in [5.74, 6) is 1.41. The molecular formula is C70H51N5O. The van der Waals surface area contributed by atoms with Crippen molar-refractivity contribution >= 4 is 54.6 Å². The van der Waals surface area contributed by atoms with E-state index in [2.05, 4.69) is 49.9 Å². The molecule has 14 aromatic rings. The molecule has 0 aliphatic carbocycles. The van der Waals surface area contributed by atoms with Gasteiger partial charge in [0.25, 0.3) is 6.33 Å². The number of benzene rings is 10. The van der Waals surface area contributed by atoms with E-state index >= 15 is 0 Å². The van der Waals surface area contributed by atoms with Gasteiger partial charge in [-0.25, -0.2) is 4.98 Å². The van der Waals surface area contributed by atoms with Crippen LogP contribution in [0.25, 0.3) is 111 Å². The van der Waals surface area contributed by atoms with Crippen LogP contribution in [0.15, 0.2) is 255 Å². The Balaban J connectivity index is 1.02. The predicted molar refractivity (Wildman–Crippen MR) is 312 cm³/mol. The molecule has 0 saturated carbocycles. The number of hydrogen-bond acceptors (Lipinski definition) is 2. The summed E-state index contributed by atoms with van der Waals surface area (Å²) in [6, 6.07) is 41.5. The van der Waals surface area contributed by atoms with Crippen molar-refractivity contribution in [3.8, 4) is 67.8 Å². The highest BCUT2D eigenvalue weighted by molar-refractivity contribution is 6.13. The van der Waals surface area contributed by atoms with Crippen LogP contribution in [0.2, 0.25) is 0 Å². The van der Waals surface area contributed by atoms with Gasteiger partial charge in [0.05, 0.1) is 70.7 Å². The van der Waals surface area contributed by atoms with Crippen LogP contribution >= 0.6 is 0 Å². The first kappa shape index (κ1) is 31.7. The first-order valence-electron chi connectivity index (χ1n) is 32.2. The molecule has 0 aliphatic heterocycles. The number of ether oxygens (including phenoxy) is 1. The second-order valence-corrected chi connectivity index (χ2v) is 19.5. The number of aromatic nitrogens is 5. The fourth-order valence-corrected chi connectivity index (χ4v) is 10.5. The smallest absolute Gasteiger partial charge is 0.269 e. The molecule has 0 bridgehead atoms. The van der Waals surface area contributed by atoms with Gasteiger partial charge in [0.15, 0.2) is 5.75 Å². The van der Waals surface area contributed by atoms with Gasteiger partial charge in [0.1, 0.15) is 11.6 Å². The maximum atomic E-state index is 9.17. The van der Waals surface area contributed by atoms with E-state index in [1.165, 1.54) is 0 Å². The highest BCUT2D eigenvalue weighted by atomic mass is 16.5. The molecule has 0 radical (unpaired) electrons. The lowest BCUT2D eigenvalue weighted by molar-refractivity contribution is -0.571. The van der Waals surface area contributed by atoms with Gasteiger partial charge in [-0.1, -0.05) is 202 Å². The number of fused-ring (bicyclic) bond motifs is 7. The number of para-hydroxylation sites is 5. The molecule has 0 amide bonds. The fourth-order valence-electron chi connectivity index (χ4n) is 10.5. The summed E-state index contributed by atoms with van der Waals surface area (Å²) in [7, 11) is 0. The Morgan fingerprint density at radius 3 is 1.75 bits per heavy atom. The highest BCUT2D eigenvalue weighted by Gasteiger charge is 2.25. The topological polar surface area (TPSA) is 40.8 Å². The van der Waals surface area contributed by atoms with Crippen molar-refractivity contribution in [2.24, 2.45) is 0 Å². The summed E-state index contributed by atoms with van der Waals surface area (Å²) in [6.45, 7) is 6.38. The largest absolute Gasteiger partial charge is 0.456 e. The van der Waals surface area contributed by atoms with Gasteiger partial charge < -0.3 is 9.30 Å². The molecule has 0 spiro atoms. The zero-order valence-electron chi connectivity index (χ0n) is 56.2. The van der Waals surface area contributed by atoms with Crippen molar-refractivity contribution in [3.05, 3.63) is 266 Å². The maximum absolute atomic E-state index is 9.17. The van der Waals surface area contributed by atoms with Gasteiger partial charge >= 0.3 is 0 Å². The molecule has 76 heavy (non-hydrogen) atoms. The van der Waals surface area contributed by atoms with E-state index in [1.54, 1.807) is 51.7 Å². The van der Waals surface area contributed by atoms with E-state index in [0.29, 0.717) is 56.2 Å². The molecule has 0 fully saturated rings. The third kappa shape index (κ3) is 7.56. The molecule has 362 valence electrons. The molecule has 0 aliphatic rings. The Morgan fingerprint density at radius 2 is 1.08 bits per heavy atom. The zero-order valence-corrected chi connectivity index (χ0v) is 41.2. The normalized spacial score (nSPS) is 14.6. The minimum absolute atomic E-state index is 0.0649. The highest BCUT2D eigenvalue weighted by Crippen LogP contribution is 2.44. The van der Waals surface area contributed by atoms with E-state index in [-0.39, 0.29) is 51.0 Å². The van der Waals surface area contributed by atoms with Crippen molar-refractivity contribution in [2.75, 3.05) is 0 Å². The van der Waals surface area contributed by atoms with Crippen LogP contribution in [-0.2, 0) is 5.41 Å². The van der Waals surface area contributed by atoms with Crippen LogP contribution in [-0.4, -0.2) is 18.7 Å². The number of hydrogen-bond donors (Lipinski definition) is 0. The number of pyridine rings is 1. The molecular weight excluding hydrogens is 927 g/mol. The Kier molecular flexibility index (Phi) is 7.52. The fraction of sp³-hybridized carbons (Fsp3) is 0.0571. The third-order valence-electron chi connectivity index (χ3n) is 14.0. The molecule has 6 nitrogen and oxygen atoms in total. The zero-order chi connectivity index (χ0) is 64.0. The maximum Gasteiger partial charge on any atom is 0.269 e. The van der Waals surface area contributed by atoms with E-state index in [4.69, 9.17) is 24.8 Å². The van der Waals surface area contributed by atoms with Gasteiger partial charge in [-0.15, -0.1) is 0 Å². The van der Waals surface area contributed by atoms with Gasteiger partial charge in [-0.05, 0) is 105 Å². The van der Waals surface area contributed by atoms with E-state index in [0.717, 1.165) is 38.3 Å². The van der Waals surface area contributed by atoms with E-state index in [9.17, 15) is 5.48 Å². The quantitative estimate of drug-likeness (QED) is 0.107. The van der Waals surface area contributed by atoms with Crippen LogP contribution in [0.5, 0.6) is 11.5 Å². The third-order valence-corrected chi connectivity index (χ3v) is 14.0. The molecule has 4 heterocycles. The summed E-state index contributed by atoms with van der Waals surface area (Å²) in [6.07, 6.45) is 5.26. The van der Waals surface area contributed by atoms with Crippen LogP contribution < -0.4 is 9.30 Å². The van der Waals surface area contributed by atoms with Gasteiger partial charge in [0, 0.05) is 33.8 Å². The van der Waals surface area contributed by atoms with E-state index in [1.807, 2.05) is 108 Å². The Labute approximate surface area is 462 Å². The second kappa shape index (κ2) is 18.0. The van der Waals surface area contributed by atoms with Crippen molar-refractivity contribution < 1.29 is 29.9 Å². The minimum Gasteiger partial charge on any atom is -0.456 e. The SMILES string of the molecule is [2H]c1c([2H])c([2H])c(-c2ccc3c(c2)c2cc(-n4c5ccccc5c5ccccc54)c(Oc4cccc(-n5[c-][n+](-c6c(-c7c([2H])c([2H])c([2H])c([2H])c7[2H])cccc6-c6c([2H])c([2H])c([2H])c([2H])c6[2H])c6ccccc65)c4)cc2n3-c2cc(C(C)(C)C)ccn2)c([2H])c1[2H]. The van der Waals surface area contributed by atoms with Crippen LogP contribution in [0.1, 0.15) is 46.9 Å². The summed E-state index contributed by atoms with van der Waals surface area (Å²) < 4.78 is 147. The second-order valence-electron chi connectivity index (χ2n) is 19.5. The Hall–Kier alpha value is -9.78. The van der Waals surface area contributed by atoms with Gasteiger partial charge in [0.2, 0.25) is 0 Å². The molecule has 0 N–H and O–H groups in total. The van der Waals surface area contributed by atoms with Gasteiger partial charge in [-0.2, -0.15) is 0 Å². The average molecular weight is 993 g/mol. The lowest BCUT2D eigenvalue weighted by Gasteiger charge is -2.20. The first-order valence-corrected chi connectivity index (χ1v) is 24.7. The van der Waals surface area contributed by atoms with Crippen LogP contribution in [0.3, 0.4) is 0 Å². The van der Waals surface area contributed by atoms with Crippen molar-refractivity contribution in [1.29, 1.82) is 0 Å². The first-order chi connectivity index (χ1) is 43.5. The lowest BCUT2D eigenvalue weighted by Crippen LogP contribution is -2.31. The molecule has 14 rings (SSSR count). The molecule has 0 unspecified atom stereocenters. The summed E-state index contributed by atoms with van der Waals surface area (Å²) >= 11 is 0. The number of rotatable bonds is 9. The molecule has 10 aromatic carbocycles. The Bertz CT molecular complexity index is 5240. The van der Waals surface area contributed by atoms with Crippen LogP contribution in [0.4, 0.5) is 0 Å². The van der Waals surface area contributed by atoms with Crippen molar-refractivity contribution in [2.45, 2.75) is 26.2 Å². The van der Waals surface area contributed by atoms with Gasteiger partial charge in [-0.3, -0.25) is 13.7 Å². The summed E-state index contributed by atoms with van der Waals surface area (Å²) in [5, 5.41) is 3.44. The number of imidazole rings is 1. The molecule has 0 atom stereocenters. The predicted octanol–water partition coefficient (Wildman–Crippen LogP) is 17.4. The molecule has 6 heteroatoms. The summed E-state index contributed by atoms with van der Waals surface area (Å²) in [4.78, 5) is 4.98. The number of nitrogens with zero attached hydrogens (tertiary/aromatic N) is 5. The minimum atomic E-state index is -0.601. The summed E-state index contributed by atoms with van der Waals surface area (Å²) in [5.41, 5.74) is 6.66. The standard InChI is InChI=1S/C70H51N5O/c1-70(2,3)51-39-40-71-68(42-51)75-62-38-37-50(47-21-7-4-8-22-47)41-58(62)59-44-66(74-60-33-15-13-29-56(60)57-30-14-16-34-61(57)74)67(45-65(59)75)76-53-28-19-27-52(43-53)72-46-73(64-36-18-17-35-63(64)72)69-54(48-23-9-5-10-24-48)31-20-32-55(69)49-25-11-6-12-26-49/h4-45H,1-3H3/i4D,5D,6D,7D,8D,9D,10D,11D,12D,21D,22D,23D,24D,25D,26D. The average Bonchev–Trinajstić information content (AvgIpc) is 1.65.